The van der Waals surface area contributed by atoms with Gasteiger partial charge in [0.2, 0.25) is 5.91 Å². The van der Waals surface area contributed by atoms with Crippen LogP contribution in [0.1, 0.15) is 45.4 Å². The Balaban J connectivity index is 3.30. The van der Waals surface area contributed by atoms with Crippen molar-refractivity contribution in [1.29, 1.82) is 0 Å². The van der Waals surface area contributed by atoms with E-state index in [0.29, 0.717) is 6.42 Å². The number of rotatable bonds is 7. The topological polar surface area (TPSA) is 58.2 Å². The van der Waals surface area contributed by atoms with Crippen molar-refractivity contribution in [2.75, 3.05) is 5.88 Å². The van der Waals surface area contributed by atoms with Gasteiger partial charge in [-0.05, 0) is 6.42 Å². The summed E-state index contributed by atoms with van der Waals surface area (Å²) in [6.07, 6.45) is 5.94. The van der Waals surface area contributed by atoms with Crippen LogP contribution in [-0.2, 0) is 9.59 Å². The van der Waals surface area contributed by atoms with E-state index in [4.69, 9.17) is 11.6 Å². The van der Waals surface area contributed by atoms with E-state index in [1.165, 1.54) is 12.8 Å². The third-order valence-electron chi connectivity index (χ3n) is 1.97. The van der Waals surface area contributed by atoms with Crippen LogP contribution in [0.4, 0.5) is 0 Å². The summed E-state index contributed by atoms with van der Waals surface area (Å²) < 4.78 is 0. The Bertz CT molecular complexity index is 198. The first-order valence-electron chi connectivity index (χ1n) is 5.34. The van der Waals surface area contributed by atoms with Crippen LogP contribution in [0.3, 0.4) is 0 Å². The molecule has 0 atom stereocenters. The van der Waals surface area contributed by atoms with E-state index < -0.39 is 5.91 Å². The van der Waals surface area contributed by atoms with Crippen LogP contribution in [0, 0.1) is 0 Å². The molecule has 0 heterocycles. The van der Waals surface area contributed by atoms with Crippen LogP contribution < -0.4 is 10.9 Å². The number of amides is 2. The maximum Gasteiger partial charge on any atom is 0.253 e. The highest BCUT2D eigenvalue weighted by Crippen LogP contribution is 2.04. The third kappa shape index (κ3) is 9.53. The van der Waals surface area contributed by atoms with Gasteiger partial charge in [0, 0.05) is 6.42 Å². The second kappa shape index (κ2) is 9.77. The molecule has 0 spiro atoms. The number of carbonyl (C=O) groups is 2. The van der Waals surface area contributed by atoms with Gasteiger partial charge >= 0.3 is 0 Å². The lowest BCUT2D eigenvalue weighted by Crippen LogP contribution is -2.42. The molecule has 0 aromatic carbocycles. The minimum Gasteiger partial charge on any atom is -0.273 e. The smallest absolute Gasteiger partial charge is 0.253 e. The summed E-state index contributed by atoms with van der Waals surface area (Å²) in [6.45, 7) is 2.15. The fourth-order valence-corrected chi connectivity index (χ4v) is 1.19. The largest absolute Gasteiger partial charge is 0.273 e. The van der Waals surface area contributed by atoms with Crippen molar-refractivity contribution in [2.24, 2.45) is 0 Å². The van der Waals surface area contributed by atoms with Crippen molar-refractivity contribution in [3.63, 3.8) is 0 Å². The highest BCUT2D eigenvalue weighted by molar-refractivity contribution is 6.27. The summed E-state index contributed by atoms with van der Waals surface area (Å²) in [5.41, 5.74) is 4.52. The van der Waals surface area contributed by atoms with Crippen LogP contribution in [0.15, 0.2) is 0 Å². The lowest BCUT2D eigenvalue weighted by Gasteiger charge is -2.05. The molecule has 0 aliphatic carbocycles. The number of hydrazine groups is 1. The van der Waals surface area contributed by atoms with Gasteiger partial charge in [-0.2, -0.15) is 0 Å². The number of unbranched alkanes of at least 4 members (excludes halogenated alkanes) is 4. The second-order valence-corrected chi connectivity index (χ2v) is 3.66. The predicted octanol–water partition coefficient (Wildman–Crippen LogP) is 1.73. The molecular formula is C10H19ClN2O2. The van der Waals surface area contributed by atoms with E-state index in [9.17, 15) is 9.59 Å². The van der Waals surface area contributed by atoms with Gasteiger partial charge in [0.15, 0.2) is 0 Å². The highest BCUT2D eigenvalue weighted by Gasteiger charge is 2.02. The lowest BCUT2D eigenvalue weighted by molar-refractivity contribution is -0.127. The zero-order chi connectivity index (χ0) is 11.5. The van der Waals surface area contributed by atoms with Crippen LogP contribution in [0.2, 0.25) is 0 Å². The molecule has 0 saturated carbocycles. The molecule has 0 fully saturated rings. The molecule has 0 aromatic heterocycles. The number of hydrogen-bond acceptors (Lipinski definition) is 2. The molecule has 0 bridgehead atoms. The number of alkyl halides is 1. The van der Waals surface area contributed by atoms with Gasteiger partial charge in [0.05, 0.1) is 0 Å². The quantitative estimate of drug-likeness (QED) is 0.401. The Labute approximate surface area is 95.7 Å². The van der Waals surface area contributed by atoms with E-state index >= 15 is 0 Å². The number of halogens is 1. The highest BCUT2D eigenvalue weighted by atomic mass is 35.5. The van der Waals surface area contributed by atoms with E-state index in [1.807, 2.05) is 0 Å². The maximum atomic E-state index is 11.1. The Morgan fingerprint density at radius 1 is 1.00 bits per heavy atom. The van der Waals surface area contributed by atoms with E-state index in [2.05, 4.69) is 17.8 Å². The monoisotopic (exact) mass is 234 g/mol. The SMILES string of the molecule is CCCCCCCC(=O)NNC(=O)CCl. The first kappa shape index (κ1) is 14.2. The molecule has 0 unspecified atom stereocenters. The van der Waals surface area contributed by atoms with Gasteiger partial charge in [-0.15, -0.1) is 11.6 Å². The Hall–Kier alpha value is -0.770. The fourth-order valence-electron chi connectivity index (χ4n) is 1.12. The third-order valence-corrected chi connectivity index (χ3v) is 2.21. The molecule has 2 amide bonds. The van der Waals surface area contributed by atoms with Gasteiger partial charge in [0.25, 0.3) is 5.91 Å². The second-order valence-electron chi connectivity index (χ2n) is 3.39. The van der Waals surface area contributed by atoms with Gasteiger partial charge in [-0.3, -0.25) is 20.4 Å². The summed E-state index contributed by atoms with van der Waals surface area (Å²) >= 11 is 5.23. The number of nitrogens with one attached hydrogen (secondary N) is 2. The molecule has 0 saturated heterocycles. The molecule has 0 rings (SSSR count). The minimum atomic E-state index is -0.393. The van der Waals surface area contributed by atoms with E-state index in [0.717, 1.165) is 19.3 Å². The van der Waals surface area contributed by atoms with Crippen molar-refractivity contribution in [2.45, 2.75) is 45.4 Å². The summed E-state index contributed by atoms with van der Waals surface area (Å²) in [5, 5.41) is 0. The molecule has 15 heavy (non-hydrogen) atoms. The van der Waals surface area contributed by atoms with Crippen LogP contribution >= 0.6 is 11.6 Å². The lowest BCUT2D eigenvalue weighted by atomic mass is 10.1. The van der Waals surface area contributed by atoms with Crippen molar-refractivity contribution >= 4 is 23.4 Å². The van der Waals surface area contributed by atoms with Crippen LogP contribution in [-0.4, -0.2) is 17.7 Å². The first-order chi connectivity index (χ1) is 7.20. The standard InChI is InChI=1S/C10H19ClN2O2/c1-2-3-4-5-6-7-9(14)12-13-10(15)8-11/h2-8H2,1H3,(H,12,14)(H,13,15). The zero-order valence-corrected chi connectivity index (χ0v) is 9.90. The van der Waals surface area contributed by atoms with Gasteiger partial charge in [0.1, 0.15) is 5.88 Å². The van der Waals surface area contributed by atoms with Gasteiger partial charge in [-0.25, -0.2) is 0 Å². The minimum absolute atomic E-state index is 0.142. The number of hydrogen-bond donors (Lipinski definition) is 2. The molecule has 4 nitrogen and oxygen atoms in total. The molecule has 0 radical (unpaired) electrons. The molecule has 2 N–H and O–H groups in total. The average molecular weight is 235 g/mol. The molecule has 0 aromatic rings. The zero-order valence-electron chi connectivity index (χ0n) is 9.14. The van der Waals surface area contributed by atoms with Crippen molar-refractivity contribution < 1.29 is 9.59 Å². The van der Waals surface area contributed by atoms with Crippen molar-refractivity contribution in [3.8, 4) is 0 Å². The molecular weight excluding hydrogens is 216 g/mol. The van der Waals surface area contributed by atoms with E-state index in [-0.39, 0.29) is 11.8 Å². The molecule has 0 aliphatic heterocycles. The Kier molecular flexibility index (Phi) is 9.27. The Morgan fingerprint density at radius 3 is 2.20 bits per heavy atom. The summed E-state index contributed by atoms with van der Waals surface area (Å²) in [7, 11) is 0. The fraction of sp³-hybridized carbons (Fsp3) is 0.800. The maximum absolute atomic E-state index is 11.1. The Morgan fingerprint density at radius 2 is 1.60 bits per heavy atom. The van der Waals surface area contributed by atoms with E-state index in [1.54, 1.807) is 0 Å². The summed E-state index contributed by atoms with van der Waals surface area (Å²) in [6, 6.07) is 0. The average Bonchev–Trinajstić information content (AvgIpc) is 2.25. The van der Waals surface area contributed by atoms with Crippen molar-refractivity contribution in [1.82, 2.24) is 10.9 Å². The normalized spacial score (nSPS) is 9.73. The first-order valence-corrected chi connectivity index (χ1v) is 5.87. The van der Waals surface area contributed by atoms with Crippen LogP contribution in [0.5, 0.6) is 0 Å². The summed E-state index contributed by atoms with van der Waals surface area (Å²) in [4.78, 5) is 21.8. The molecule has 0 aliphatic rings. The molecule has 5 heteroatoms. The molecule has 88 valence electrons. The van der Waals surface area contributed by atoms with Crippen LogP contribution in [0.25, 0.3) is 0 Å². The van der Waals surface area contributed by atoms with Crippen molar-refractivity contribution in [3.05, 3.63) is 0 Å². The predicted molar refractivity (Wildman–Crippen MR) is 60.4 cm³/mol. The van der Waals surface area contributed by atoms with Gasteiger partial charge < -0.3 is 0 Å². The summed E-state index contributed by atoms with van der Waals surface area (Å²) in [5.74, 6) is -0.697. The van der Waals surface area contributed by atoms with Gasteiger partial charge in [-0.1, -0.05) is 32.6 Å². The number of carbonyl (C=O) groups excluding carboxylic acids is 2.